The molecular weight excluding hydrogens is 382 g/mol. The van der Waals surface area contributed by atoms with Gasteiger partial charge in [-0.05, 0) is 36.4 Å². The number of carbonyl (C=O) groups excluding carboxylic acids is 2. The van der Waals surface area contributed by atoms with Crippen molar-refractivity contribution in [3.05, 3.63) is 83.4 Å². The number of anilines is 1. The summed E-state index contributed by atoms with van der Waals surface area (Å²) in [7, 11) is 0. The molecule has 0 atom stereocenters. The fourth-order valence-electron chi connectivity index (χ4n) is 2.33. The van der Waals surface area contributed by atoms with Gasteiger partial charge in [-0.25, -0.2) is 4.79 Å². The van der Waals surface area contributed by atoms with Crippen molar-refractivity contribution in [2.45, 2.75) is 0 Å². The summed E-state index contributed by atoms with van der Waals surface area (Å²) in [5, 5.41) is 13.1. The number of ether oxygens (including phenoxy) is 2. The first kappa shape index (κ1) is 19.3. The lowest BCUT2D eigenvalue weighted by Crippen LogP contribution is -2.20. The number of para-hydroxylation sites is 2. The minimum Gasteiger partial charge on any atom is -0.507 e. The number of amides is 1. The Kier molecular flexibility index (Phi) is 6.14. The van der Waals surface area contributed by atoms with Crippen LogP contribution in [0.2, 0.25) is 5.02 Å². The zero-order valence-corrected chi connectivity index (χ0v) is 15.3. The Morgan fingerprint density at radius 2 is 1.68 bits per heavy atom. The molecule has 0 aliphatic rings. The highest BCUT2D eigenvalue weighted by Gasteiger charge is 2.15. The third-order valence-corrected chi connectivity index (χ3v) is 3.96. The highest BCUT2D eigenvalue weighted by atomic mass is 35.5. The number of benzene rings is 3. The first-order chi connectivity index (χ1) is 13.5. The predicted molar refractivity (Wildman–Crippen MR) is 105 cm³/mol. The summed E-state index contributed by atoms with van der Waals surface area (Å²) in [5.74, 6) is -0.713. The number of aromatic hydroxyl groups is 1. The molecule has 2 N–H and O–H groups in total. The summed E-state index contributed by atoms with van der Waals surface area (Å²) >= 11 is 5.96. The van der Waals surface area contributed by atoms with Crippen molar-refractivity contribution >= 4 is 29.2 Å². The average Bonchev–Trinajstić information content (AvgIpc) is 2.68. The maximum Gasteiger partial charge on any atom is 0.347 e. The van der Waals surface area contributed by atoms with Gasteiger partial charge in [-0.3, -0.25) is 4.79 Å². The number of rotatable bonds is 6. The highest BCUT2D eigenvalue weighted by Crippen LogP contribution is 2.25. The summed E-state index contributed by atoms with van der Waals surface area (Å²) in [5.41, 5.74) is 0.288. The molecule has 0 spiro atoms. The van der Waals surface area contributed by atoms with Gasteiger partial charge in [0.2, 0.25) is 0 Å². The predicted octanol–water partition coefficient (Wildman–Crippen LogP) is 4.28. The van der Waals surface area contributed by atoms with Gasteiger partial charge < -0.3 is 19.9 Å². The second kappa shape index (κ2) is 8.92. The summed E-state index contributed by atoms with van der Waals surface area (Å²) < 4.78 is 10.5. The number of esters is 1. The van der Waals surface area contributed by atoms with Crippen LogP contribution in [0.4, 0.5) is 5.69 Å². The third kappa shape index (κ3) is 5.02. The molecule has 0 unspecified atom stereocenters. The lowest BCUT2D eigenvalue weighted by atomic mass is 10.2. The van der Waals surface area contributed by atoms with E-state index in [4.69, 9.17) is 21.1 Å². The van der Waals surface area contributed by atoms with E-state index in [2.05, 4.69) is 5.32 Å². The minimum atomic E-state index is -0.705. The molecule has 0 aromatic heterocycles. The second-order valence-corrected chi connectivity index (χ2v) is 6.11. The minimum absolute atomic E-state index is 0.0193. The van der Waals surface area contributed by atoms with Crippen molar-refractivity contribution < 1.29 is 24.2 Å². The fourth-order valence-corrected chi connectivity index (χ4v) is 2.53. The zero-order chi connectivity index (χ0) is 19.9. The summed E-state index contributed by atoms with van der Waals surface area (Å²) in [6.45, 7) is -0.262. The Morgan fingerprint density at radius 1 is 0.964 bits per heavy atom. The summed E-state index contributed by atoms with van der Waals surface area (Å²) in [6.07, 6.45) is 0. The number of hydrogen-bond acceptors (Lipinski definition) is 5. The van der Waals surface area contributed by atoms with Crippen LogP contribution in [0.1, 0.15) is 10.4 Å². The number of nitrogens with one attached hydrogen (secondary N) is 1. The van der Waals surface area contributed by atoms with E-state index < -0.39 is 11.9 Å². The van der Waals surface area contributed by atoms with Crippen LogP contribution in [0.25, 0.3) is 0 Å². The van der Waals surface area contributed by atoms with Crippen LogP contribution in [0.5, 0.6) is 17.2 Å². The van der Waals surface area contributed by atoms with Crippen LogP contribution in [0.3, 0.4) is 0 Å². The summed E-state index contributed by atoms with van der Waals surface area (Å²) in [4.78, 5) is 24.2. The molecule has 3 rings (SSSR count). The van der Waals surface area contributed by atoms with E-state index in [1.54, 1.807) is 54.6 Å². The quantitative estimate of drug-likeness (QED) is 0.479. The monoisotopic (exact) mass is 397 g/mol. The van der Waals surface area contributed by atoms with Crippen molar-refractivity contribution in [2.24, 2.45) is 0 Å². The van der Waals surface area contributed by atoms with Gasteiger partial charge in [-0.1, -0.05) is 41.9 Å². The van der Waals surface area contributed by atoms with Gasteiger partial charge in [0.05, 0.1) is 5.02 Å². The van der Waals surface area contributed by atoms with Gasteiger partial charge in [0, 0.05) is 11.8 Å². The van der Waals surface area contributed by atoms with Crippen LogP contribution >= 0.6 is 11.6 Å². The largest absolute Gasteiger partial charge is 0.507 e. The average molecular weight is 398 g/mol. The molecule has 28 heavy (non-hydrogen) atoms. The molecular formula is C21H16ClNO5. The van der Waals surface area contributed by atoms with Crippen LogP contribution in [-0.4, -0.2) is 23.6 Å². The highest BCUT2D eigenvalue weighted by molar-refractivity contribution is 6.32. The maximum absolute atomic E-state index is 12.2. The first-order valence-electron chi connectivity index (χ1n) is 8.30. The SMILES string of the molecule is O=C(COc1ccccc1Cl)Nc1ccc(C(=O)Oc2ccccc2)c(O)c1. The number of phenolic OH excluding ortho intramolecular Hbond substituents is 1. The van der Waals surface area contributed by atoms with E-state index in [1.165, 1.54) is 18.2 Å². The Labute approximate surface area is 166 Å². The molecule has 3 aromatic carbocycles. The molecule has 3 aromatic rings. The van der Waals surface area contributed by atoms with E-state index in [0.29, 0.717) is 22.2 Å². The smallest absolute Gasteiger partial charge is 0.347 e. The molecule has 0 heterocycles. The number of halogens is 1. The van der Waals surface area contributed by atoms with Gasteiger partial charge in [0.15, 0.2) is 6.61 Å². The number of phenols is 1. The third-order valence-electron chi connectivity index (χ3n) is 3.65. The molecule has 0 radical (unpaired) electrons. The molecule has 142 valence electrons. The molecule has 7 heteroatoms. The molecule has 0 saturated heterocycles. The summed E-state index contributed by atoms with van der Waals surface area (Å²) in [6, 6.07) is 19.4. The van der Waals surface area contributed by atoms with Gasteiger partial charge in [0.25, 0.3) is 5.91 Å². The van der Waals surface area contributed by atoms with E-state index >= 15 is 0 Å². The van der Waals surface area contributed by atoms with E-state index in [1.807, 2.05) is 0 Å². The van der Waals surface area contributed by atoms with Crippen molar-refractivity contribution in [1.29, 1.82) is 0 Å². The Balaban J connectivity index is 1.59. The van der Waals surface area contributed by atoms with Crippen molar-refractivity contribution in [2.75, 3.05) is 11.9 Å². The molecule has 0 aliphatic heterocycles. The standard InChI is InChI=1S/C21H16ClNO5/c22-17-8-4-5-9-19(17)27-13-20(25)23-14-10-11-16(18(24)12-14)21(26)28-15-6-2-1-3-7-15/h1-12,24H,13H2,(H,23,25). The lowest BCUT2D eigenvalue weighted by Gasteiger charge is -2.10. The van der Waals surface area contributed by atoms with Crippen LogP contribution in [0.15, 0.2) is 72.8 Å². The van der Waals surface area contributed by atoms with Crippen LogP contribution in [0, 0.1) is 0 Å². The van der Waals surface area contributed by atoms with E-state index in [9.17, 15) is 14.7 Å². The van der Waals surface area contributed by atoms with E-state index in [-0.39, 0.29) is 17.9 Å². The Bertz CT molecular complexity index is 991. The molecule has 0 bridgehead atoms. The molecule has 0 saturated carbocycles. The van der Waals surface area contributed by atoms with Gasteiger partial charge in [-0.15, -0.1) is 0 Å². The van der Waals surface area contributed by atoms with Crippen LogP contribution in [-0.2, 0) is 4.79 Å². The number of carbonyl (C=O) groups is 2. The molecule has 1 amide bonds. The van der Waals surface area contributed by atoms with Gasteiger partial charge in [0.1, 0.15) is 22.8 Å². The molecule has 0 aliphatic carbocycles. The zero-order valence-electron chi connectivity index (χ0n) is 14.6. The lowest BCUT2D eigenvalue weighted by molar-refractivity contribution is -0.118. The van der Waals surface area contributed by atoms with Gasteiger partial charge in [-0.2, -0.15) is 0 Å². The Morgan fingerprint density at radius 3 is 2.39 bits per heavy atom. The maximum atomic E-state index is 12.2. The van der Waals surface area contributed by atoms with Crippen LogP contribution < -0.4 is 14.8 Å². The topological polar surface area (TPSA) is 84.9 Å². The van der Waals surface area contributed by atoms with Crippen molar-refractivity contribution in [1.82, 2.24) is 0 Å². The normalized spacial score (nSPS) is 10.2. The van der Waals surface area contributed by atoms with Gasteiger partial charge >= 0.3 is 5.97 Å². The Hall–Kier alpha value is -3.51. The fraction of sp³-hybridized carbons (Fsp3) is 0.0476. The van der Waals surface area contributed by atoms with Crippen molar-refractivity contribution in [3.8, 4) is 17.2 Å². The van der Waals surface area contributed by atoms with Crippen molar-refractivity contribution in [3.63, 3.8) is 0 Å². The first-order valence-corrected chi connectivity index (χ1v) is 8.68. The van der Waals surface area contributed by atoms with E-state index in [0.717, 1.165) is 0 Å². The molecule has 0 fully saturated rings. The molecule has 6 nitrogen and oxygen atoms in total. The second-order valence-electron chi connectivity index (χ2n) is 5.70. The number of hydrogen-bond donors (Lipinski definition) is 2.